The molecule has 1 heterocycles. The normalized spacial score (nSPS) is 11.6. The van der Waals surface area contributed by atoms with E-state index in [1.54, 1.807) is 0 Å². The first-order chi connectivity index (χ1) is 9.13. The summed E-state index contributed by atoms with van der Waals surface area (Å²) in [4.78, 5) is 12.4. The fraction of sp³-hybridized carbons (Fsp3) is 0.188. The molecule has 2 aromatic rings. The maximum atomic E-state index is 11.8. The zero-order valence-corrected chi connectivity index (χ0v) is 12.1. The van der Waals surface area contributed by atoms with Gasteiger partial charge in [-0.2, -0.15) is 0 Å². The Bertz CT molecular complexity index is 677. The molecule has 19 heavy (non-hydrogen) atoms. The number of hydrogen-bond acceptors (Lipinski definition) is 3. The number of thiophene rings is 1. The number of esters is 1. The van der Waals surface area contributed by atoms with Crippen LogP contribution >= 0.6 is 11.3 Å². The molecular weight excluding hydrogens is 256 g/mol. The second kappa shape index (κ2) is 5.41. The van der Waals surface area contributed by atoms with Crippen molar-refractivity contribution in [3.8, 4) is 0 Å². The van der Waals surface area contributed by atoms with E-state index in [0.717, 1.165) is 26.8 Å². The fourth-order valence-corrected chi connectivity index (χ4v) is 3.40. The Labute approximate surface area is 117 Å². The average molecular weight is 272 g/mol. The van der Waals surface area contributed by atoms with E-state index in [-0.39, 0.29) is 5.97 Å². The van der Waals surface area contributed by atoms with Crippen molar-refractivity contribution < 1.29 is 9.53 Å². The van der Waals surface area contributed by atoms with Crippen molar-refractivity contribution in [3.63, 3.8) is 0 Å². The first-order valence-electron chi connectivity index (χ1n) is 6.03. The Kier molecular flexibility index (Phi) is 3.86. The molecule has 0 aliphatic carbocycles. The predicted octanol–water partition coefficient (Wildman–Crippen LogP) is 4.59. The van der Waals surface area contributed by atoms with E-state index < -0.39 is 0 Å². The molecule has 0 aliphatic heterocycles. The lowest BCUT2D eigenvalue weighted by atomic mass is 10.0. The van der Waals surface area contributed by atoms with Gasteiger partial charge in [0.15, 0.2) is 0 Å². The lowest BCUT2D eigenvalue weighted by molar-refractivity contribution is 0.0605. The second-order valence-electron chi connectivity index (χ2n) is 4.18. The van der Waals surface area contributed by atoms with Crippen molar-refractivity contribution in [2.75, 3.05) is 7.11 Å². The van der Waals surface area contributed by atoms with Gasteiger partial charge in [-0.1, -0.05) is 36.9 Å². The summed E-state index contributed by atoms with van der Waals surface area (Å²) in [5, 5.41) is 1.10. The highest BCUT2D eigenvalue weighted by Crippen LogP contribution is 2.36. The van der Waals surface area contributed by atoms with E-state index in [1.807, 2.05) is 38.1 Å². The maximum Gasteiger partial charge on any atom is 0.348 e. The second-order valence-corrected chi connectivity index (χ2v) is 5.20. The van der Waals surface area contributed by atoms with Crippen molar-refractivity contribution in [1.82, 2.24) is 0 Å². The SMILES string of the molecule is C=C/C(=C\C)c1cccc2c(C)c(C(=O)OC)sc12. The predicted molar refractivity (Wildman–Crippen MR) is 81.7 cm³/mol. The minimum absolute atomic E-state index is 0.273. The van der Waals surface area contributed by atoms with Crippen LogP contribution in [0, 0.1) is 6.92 Å². The molecule has 1 aromatic heterocycles. The first-order valence-corrected chi connectivity index (χ1v) is 6.85. The van der Waals surface area contributed by atoms with E-state index in [2.05, 4.69) is 12.6 Å². The number of rotatable bonds is 3. The molecule has 98 valence electrons. The van der Waals surface area contributed by atoms with Gasteiger partial charge in [0.1, 0.15) is 4.88 Å². The molecule has 0 aliphatic rings. The average Bonchev–Trinajstić information content (AvgIpc) is 2.78. The number of carbonyl (C=O) groups is 1. The molecule has 0 N–H and O–H groups in total. The van der Waals surface area contributed by atoms with Gasteiger partial charge in [0.05, 0.1) is 7.11 Å². The quantitative estimate of drug-likeness (QED) is 0.603. The summed E-state index contributed by atoms with van der Waals surface area (Å²) in [7, 11) is 1.41. The van der Waals surface area contributed by atoms with Gasteiger partial charge in [-0.25, -0.2) is 4.79 Å². The largest absolute Gasteiger partial charge is 0.465 e. The van der Waals surface area contributed by atoms with E-state index in [0.29, 0.717) is 4.88 Å². The van der Waals surface area contributed by atoms with Crippen LogP contribution in [-0.4, -0.2) is 13.1 Å². The third kappa shape index (κ3) is 2.22. The summed E-state index contributed by atoms with van der Waals surface area (Å²) < 4.78 is 5.94. The Morgan fingerprint density at radius 1 is 1.42 bits per heavy atom. The van der Waals surface area contributed by atoms with E-state index in [9.17, 15) is 4.79 Å². The summed E-state index contributed by atoms with van der Waals surface area (Å²) in [5.41, 5.74) is 3.16. The van der Waals surface area contributed by atoms with Gasteiger partial charge in [0, 0.05) is 4.70 Å². The monoisotopic (exact) mass is 272 g/mol. The van der Waals surface area contributed by atoms with Crippen molar-refractivity contribution in [2.24, 2.45) is 0 Å². The number of benzene rings is 1. The van der Waals surface area contributed by atoms with Crippen LogP contribution in [0.25, 0.3) is 15.7 Å². The lowest BCUT2D eigenvalue weighted by Crippen LogP contribution is -1.99. The Morgan fingerprint density at radius 3 is 2.74 bits per heavy atom. The Morgan fingerprint density at radius 2 is 2.16 bits per heavy atom. The van der Waals surface area contributed by atoms with Crippen molar-refractivity contribution >= 4 is 33.0 Å². The van der Waals surface area contributed by atoms with Crippen LogP contribution in [-0.2, 0) is 4.74 Å². The van der Waals surface area contributed by atoms with Gasteiger partial charge < -0.3 is 4.74 Å². The van der Waals surface area contributed by atoms with E-state index in [4.69, 9.17) is 4.74 Å². The van der Waals surface area contributed by atoms with Gasteiger partial charge in [0.2, 0.25) is 0 Å². The highest BCUT2D eigenvalue weighted by atomic mass is 32.1. The van der Waals surface area contributed by atoms with Gasteiger partial charge in [-0.15, -0.1) is 11.3 Å². The number of fused-ring (bicyclic) bond motifs is 1. The molecule has 3 heteroatoms. The summed E-state index contributed by atoms with van der Waals surface area (Å²) in [6, 6.07) is 6.09. The van der Waals surface area contributed by atoms with Gasteiger partial charge in [-0.05, 0) is 35.9 Å². The number of carbonyl (C=O) groups excluding carboxylic acids is 1. The van der Waals surface area contributed by atoms with Gasteiger partial charge in [0.25, 0.3) is 0 Å². The Hall–Kier alpha value is -1.87. The van der Waals surface area contributed by atoms with Gasteiger partial charge in [-0.3, -0.25) is 0 Å². The van der Waals surface area contributed by atoms with E-state index >= 15 is 0 Å². The highest BCUT2D eigenvalue weighted by Gasteiger charge is 2.17. The van der Waals surface area contributed by atoms with E-state index in [1.165, 1.54) is 18.4 Å². The van der Waals surface area contributed by atoms with Crippen molar-refractivity contribution in [2.45, 2.75) is 13.8 Å². The molecule has 0 bridgehead atoms. The molecular formula is C16H16O2S. The van der Waals surface area contributed by atoms with Crippen molar-refractivity contribution in [3.05, 3.63) is 52.9 Å². The van der Waals surface area contributed by atoms with Crippen LogP contribution in [0.5, 0.6) is 0 Å². The molecule has 0 saturated heterocycles. The smallest absolute Gasteiger partial charge is 0.348 e. The topological polar surface area (TPSA) is 26.3 Å². The fourth-order valence-electron chi connectivity index (χ4n) is 2.14. The van der Waals surface area contributed by atoms with Crippen molar-refractivity contribution in [1.29, 1.82) is 0 Å². The van der Waals surface area contributed by atoms with Crippen LogP contribution in [0.4, 0.5) is 0 Å². The van der Waals surface area contributed by atoms with Crippen LogP contribution < -0.4 is 0 Å². The molecule has 0 fully saturated rings. The number of hydrogen-bond donors (Lipinski definition) is 0. The van der Waals surface area contributed by atoms with Crippen LogP contribution in [0.15, 0.2) is 36.9 Å². The number of allylic oxidation sites excluding steroid dienone is 3. The number of aryl methyl sites for hydroxylation is 1. The number of methoxy groups -OCH3 is 1. The molecule has 1 aromatic carbocycles. The van der Waals surface area contributed by atoms with Crippen LogP contribution in [0.2, 0.25) is 0 Å². The molecule has 0 radical (unpaired) electrons. The van der Waals surface area contributed by atoms with Crippen LogP contribution in [0.1, 0.15) is 27.7 Å². The molecule has 2 nitrogen and oxygen atoms in total. The molecule has 2 rings (SSSR count). The Balaban J connectivity index is 2.77. The summed E-state index contributed by atoms with van der Waals surface area (Å²) in [5.74, 6) is -0.273. The maximum absolute atomic E-state index is 11.8. The molecule has 0 unspecified atom stereocenters. The third-order valence-electron chi connectivity index (χ3n) is 3.18. The molecule has 0 amide bonds. The number of ether oxygens (including phenoxy) is 1. The first kappa shape index (κ1) is 13.6. The lowest BCUT2D eigenvalue weighted by Gasteiger charge is -2.03. The molecule has 0 spiro atoms. The zero-order valence-electron chi connectivity index (χ0n) is 11.3. The van der Waals surface area contributed by atoms with Gasteiger partial charge >= 0.3 is 5.97 Å². The summed E-state index contributed by atoms with van der Waals surface area (Å²) in [6.07, 6.45) is 3.86. The standard InChI is InChI=1S/C16H16O2S/c1-5-11(6-2)13-9-7-8-12-10(3)14(16(17)18-4)19-15(12)13/h5-9H,1H2,2-4H3/b11-6+. The minimum atomic E-state index is -0.273. The molecule has 0 saturated carbocycles. The summed E-state index contributed by atoms with van der Waals surface area (Å²) in [6.45, 7) is 7.78. The zero-order chi connectivity index (χ0) is 14.0. The minimum Gasteiger partial charge on any atom is -0.465 e. The summed E-state index contributed by atoms with van der Waals surface area (Å²) >= 11 is 1.48. The third-order valence-corrected chi connectivity index (χ3v) is 4.50. The van der Waals surface area contributed by atoms with Crippen LogP contribution in [0.3, 0.4) is 0 Å². The molecule has 0 atom stereocenters. The highest BCUT2D eigenvalue weighted by molar-refractivity contribution is 7.21.